The van der Waals surface area contributed by atoms with Gasteiger partial charge in [0.2, 0.25) is 5.91 Å². The number of primary amides is 1. The van der Waals surface area contributed by atoms with Gasteiger partial charge in [0.15, 0.2) is 0 Å². The molecule has 0 aromatic heterocycles. The lowest BCUT2D eigenvalue weighted by molar-refractivity contribution is -0.137. The Morgan fingerprint density at radius 3 is 2.33 bits per heavy atom. The molecule has 0 spiro atoms. The first-order valence-electron chi connectivity index (χ1n) is 5.39. The Kier molecular flexibility index (Phi) is 4.74. The van der Waals surface area contributed by atoms with Gasteiger partial charge in [0.1, 0.15) is 0 Å². The summed E-state index contributed by atoms with van der Waals surface area (Å²) in [7, 11) is 0. The number of hydrogen-bond donors (Lipinski definition) is 4. The summed E-state index contributed by atoms with van der Waals surface area (Å²) in [5.41, 5.74) is 2.53. The Morgan fingerprint density at radius 1 is 1.24 bits per heavy atom. The van der Waals surface area contributed by atoms with Gasteiger partial charge in [0.25, 0.3) is 0 Å². The molecule has 114 valence electrons. The number of carbonyl (C=O) groups is 3. The number of amides is 3. The van der Waals surface area contributed by atoms with E-state index in [1.54, 1.807) is 0 Å². The van der Waals surface area contributed by atoms with Gasteiger partial charge in [-0.2, -0.15) is 13.2 Å². The van der Waals surface area contributed by atoms with E-state index < -0.39 is 41.8 Å². The molecule has 21 heavy (non-hydrogen) atoms. The van der Waals surface area contributed by atoms with Crippen molar-refractivity contribution in [3.8, 4) is 0 Å². The van der Waals surface area contributed by atoms with E-state index in [2.05, 4.69) is 0 Å². The quantitative estimate of drug-likeness (QED) is 0.663. The number of alkyl halides is 3. The lowest BCUT2D eigenvalue weighted by Gasteiger charge is -2.12. The Morgan fingerprint density at radius 2 is 1.86 bits per heavy atom. The van der Waals surface area contributed by atoms with Crippen LogP contribution in [-0.4, -0.2) is 29.6 Å². The molecule has 1 aromatic carbocycles. The van der Waals surface area contributed by atoms with Crippen LogP contribution in [0.5, 0.6) is 0 Å². The lowest BCUT2D eigenvalue weighted by Crippen LogP contribution is -2.36. The summed E-state index contributed by atoms with van der Waals surface area (Å²) in [6.45, 7) is -0.505. The van der Waals surface area contributed by atoms with Crippen LogP contribution in [0.2, 0.25) is 0 Å². The molecule has 0 unspecified atom stereocenters. The van der Waals surface area contributed by atoms with Crippen LogP contribution in [-0.2, 0) is 11.0 Å². The zero-order chi connectivity index (χ0) is 16.2. The maximum Gasteiger partial charge on any atom is 0.416 e. The van der Waals surface area contributed by atoms with Crippen LogP contribution in [0, 0.1) is 0 Å². The second-order valence-electron chi connectivity index (χ2n) is 3.84. The smallest absolute Gasteiger partial charge is 0.416 e. The number of carboxylic acid groups (broad SMARTS) is 1. The summed E-state index contributed by atoms with van der Waals surface area (Å²) in [5.74, 6) is -2.48. The normalized spacial score (nSPS) is 10.8. The Hall–Kier alpha value is -2.78. The van der Waals surface area contributed by atoms with Crippen molar-refractivity contribution in [2.24, 2.45) is 5.73 Å². The van der Waals surface area contributed by atoms with Gasteiger partial charge in [-0.15, -0.1) is 0 Å². The second kappa shape index (κ2) is 6.11. The number of carbonyl (C=O) groups excluding carboxylic acids is 2. The van der Waals surface area contributed by atoms with E-state index in [0.29, 0.717) is 12.1 Å². The number of anilines is 1. The maximum absolute atomic E-state index is 12.5. The highest BCUT2D eigenvalue weighted by atomic mass is 19.4. The Bertz CT molecular complexity index is 587. The Labute approximate surface area is 115 Å². The first-order chi connectivity index (χ1) is 9.61. The zero-order valence-corrected chi connectivity index (χ0v) is 10.3. The average Bonchev–Trinajstić information content (AvgIpc) is 2.35. The van der Waals surface area contributed by atoms with Crippen LogP contribution in [0.15, 0.2) is 18.2 Å². The van der Waals surface area contributed by atoms with Crippen molar-refractivity contribution in [1.82, 2.24) is 5.32 Å². The van der Waals surface area contributed by atoms with E-state index >= 15 is 0 Å². The highest BCUT2D eigenvalue weighted by Crippen LogP contribution is 2.31. The van der Waals surface area contributed by atoms with Crippen LogP contribution >= 0.6 is 0 Å². The summed E-state index contributed by atoms with van der Waals surface area (Å²) >= 11 is 0. The number of nitrogens with one attached hydrogen (secondary N) is 2. The minimum Gasteiger partial charge on any atom is -0.478 e. The molecule has 0 heterocycles. The molecule has 0 bridgehead atoms. The molecule has 0 aliphatic heterocycles. The average molecular weight is 305 g/mol. The van der Waals surface area contributed by atoms with E-state index in [-0.39, 0.29) is 5.69 Å². The molecule has 1 aromatic rings. The number of urea groups is 1. The van der Waals surface area contributed by atoms with Gasteiger partial charge in [-0.25, -0.2) is 9.59 Å². The summed E-state index contributed by atoms with van der Waals surface area (Å²) < 4.78 is 37.5. The van der Waals surface area contributed by atoms with E-state index in [1.165, 1.54) is 0 Å². The summed E-state index contributed by atoms with van der Waals surface area (Å²) in [6, 6.07) is 0.842. The van der Waals surface area contributed by atoms with Gasteiger partial charge in [-0.3, -0.25) is 4.79 Å². The van der Waals surface area contributed by atoms with Crippen molar-refractivity contribution in [2.75, 3.05) is 11.9 Å². The van der Waals surface area contributed by atoms with Gasteiger partial charge in [-0.05, 0) is 18.2 Å². The number of hydrogen-bond acceptors (Lipinski definition) is 3. The third-order valence-electron chi connectivity index (χ3n) is 2.25. The fourth-order valence-electron chi connectivity index (χ4n) is 1.34. The first kappa shape index (κ1) is 16.3. The van der Waals surface area contributed by atoms with Crippen LogP contribution < -0.4 is 16.4 Å². The van der Waals surface area contributed by atoms with E-state index in [1.807, 2.05) is 10.6 Å². The molecule has 0 fully saturated rings. The second-order valence-corrected chi connectivity index (χ2v) is 3.84. The van der Waals surface area contributed by atoms with Crippen molar-refractivity contribution < 1.29 is 32.7 Å². The first-order valence-corrected chi connectivity index (χ1v) is 5.39. The molecule has 10 heteroatoms. The molecular formula is C11H10F3N3O4. The van der Waals surface area contributed by atoms with Gasteiger partial charge in [0, 0.05) is 0 Å². The number of benzene rings is 1. The molecule has 1 rings (SSSR count). The van der Waals surface area contributed by atoms with Crippen molar-refractivity contribution in [1.29, 1.82) is 0 Å². The minimum atomic E-state index is -4.71. The fraction of sp³-hybridized carbons (Fsp3) is 0.182. The lowest BCUT2D eigenvalue weighted by atomic mass is 10.1. The van der Waals surface area contributed by atoms with Crippen LogP contribution in [0.3, 0.4) is 0 Å². The van der Waals surface area contributed by atoms with Gasteiger partial charge in [0.05, 0.1) is 23.4 Å². The topological polar surface area (TPSA) is 122 Å². The van der Waals surface area contributed by atoms with Gasteiger partial charge in [-0.1, -0.05) is 0 Å². The highest BCUT2D eigenvalue weighted by molar-refractivity contribution is 6.00. The van der Waals surface area contributed by atoms with Crippen molar-refractivity contribution in [2.45, 2.75) is 6.18 Å². The Balaban J connectivity index is 3.00. The van der Waals surface area contributed by atoms with Crippen LogP contribution in [0.1, 0.15) is 15.9 Å². The van der Waals surface area contributed by atoms with Gasteiger partial charge < -0.3 is 21.5 Å². The van der Waals surface area contributed by atoms with Crippen LogP contribution in [0.25, 0.3) is 0 Å². The zero-order valence-electron chi connectivity index (χ0n) is 10.3. The molecule has 3 amide bonds. The summed E-state index contributed by atoms with van der Waals surface area (Å²) in [6.07, 6.45) is -4.71. The molecule has 0 aliphatic carbocycles. The molecule has 0 saturated carbocycles. The minimum absolute atomic E-state index is 0.350. The molecule has 7 nitrogen and oxygen atoms in total. The van der Waals surface area contributed by atoms with E-state index in [4.69, 9.17) is 10.8 Å². The summed E-state index contributed by atoms with van der Waals surface area (Å²) in [5, 5.41) is 12.9. The highest BCUT2D eigenvalue weighted by Gasteiger charge is 2.32. The third kappa shape index (κ3) is 4.67. The monoisotopic (exact) mass is 305 g/mol. The molecule has 0 radical (unpaired) electrons. The predicted octanol–water partition coefficient (Wildman–Crippen LogP) is 1.01. The largest absolute Gasteiger partial charge is 0.478 e. The predicted molar refractivity (Wildman–Crippen MR) is 64.6 cm³/mol. The standard InChI is InChI=1S/C11H10F3N3O4/c12-11(13,14)5-1-2-7(6(3-5)9(19)20)17-10(21)16-4-8(15)18/h1-3H,4H2,(H2,15,18)(H,19,20)(H2,16,17,21). The molecule has 5 N–H and O–H groups in total. The number of rotatable bonds is 4. The number of carboxylic acids is 1. The fourth-order valence-corrected chi connectivity index (χ4v) is 1.34. The van der Waals surface area contributed by atoms with Crippen LogP contribution in [0.4, 0.5) is 23.7 Å². The van der Waals surface area contributed by atoms with Crippen molar-refractivity contribution >= 4 is 23.6 Å². The van der Waals surface area contributed by atoms with Crippen molar-refractivity contribution in [3.05, 3.63) is 29.3 Å². The molecular weight excluding hydrogens is 295 g/mol. The molecule has 0 aliphatic rings. The van der Waals surface area contributed by atoms with Crippen molar-refractivity contribution in [3.63, 3.8) is 0 Å². The van der Waals surface area contributed by atoms with Gasteiger partial charge >= 0.3 is 18.2 Å². The molecule has 0 saturated heterocycles. The SMILES string of the molecule is NC(=O)CNC(=O)Nc1ccc(C(F)(F)F)cc1C(=O)O. The van der Waals surface area contributed by atoms with E-state index in [0.717, 1.165) is 6.07 Å². The van der Waals surface area contributed by atoms with E-state index in [9.17, 15) is 27.6 Å². The number of halogens is 3. The summed E-state index contributed by atoms with van der Waals surface area (Å²) in [4.78, 5) is 32.7. The molecule has 0 atom stereocenters. The number of aromatic carboxylic acids is 1. The maximum atomic E-state index is 12.5. The third-order valence-corrected chi connectivity index (χ3v) is 2.25. The number of nitrogens with two attached hydrogens (primary N) is 1.